The Morgan fingerprint density at radius 1 is 1.10 bits per heavy atom. The molecule has 0 heterocycles. The number of nitrogens with two attached hydrogens (primary N) is 1. The van der Waals surface area contributed by atoms with Crippen LogP contribution < -0.4 is 10.5 Å². The van der Waals surface area contributed by atoms with E-state index in [1.165, 1.54) is 6.07 Å². The van der Waals surface area contributed by atoms with Crippen LogP contribution in [-0.4, -0.2) is 0 Å². The van der Waals surface area contributed by atoms with E-state index in [2.05, 4.69) is 15.9 Å². The van der Waals surface area contributed by atoms with Crippen molar-refractivity contribution in [2.75, 3.05) is 0 Å². The van der Waals surface area contributed by atoms with Crippen molar-refractivity contribution in [3.05, 3.63) is 57.6 Å². The molecule has 0 aliphatic carbocycles. The van der Waals surface area contributed by atoms with E-state index < -0.39 is 11.7 Å². The predicted molar refractivity (Wildman–Crippen MR) is 78.3 cm³/mol. The largest absolute Gasteiger partial charge is 0.457 e. The van der Waals surface area contributed by atoms with Crippen LogP contribution in [0.3, 0.4) is 0 Å². The third kappa shape index (κ3) is 3.77. The Labute approximate surface area is 128 Å². The maximum atomic E-state index is 12.7. The highest BCUT2D eigenvalue weighted by molar-refractivity contribution is 9.10. The van der Waals surface area contributed by atoms with Gasteiger partial charge in [0.05, 0.1) is 5.56 Å². The monoisotopic (exact) mass is 359 g/mol. The van der Waals surface area contributed by atoms with Gasteiger partial charge in [0.2, 0.25) is 0 Å². The molecule has 0 fully saturated rings. The number of aryl methyl sites for hydroxylation is 1. The van der Waals surface area contributed by atoms with Gasteiger partial charge in [-0.25, -0.2) is 0 Å². The molecule has 0 amide bonds. The molecule has 0 spiro atoms. The van der Waals surface area contributed by atoms with Gasteiger partial charge >= 0.3 is 6.18 Å². The van der Waals surface area contributed by atoms with Crippen LogP contribution in [0.4, 0.5) is 13.2 Å². The Morgan fingerprint density at radius 3 is 2.33 bits per heavy atom. The van der Waals surface area contributed by atoms with Crippen LogP contribution in [0.25, 0.3) is 0 Å². The Kier molecular flexibility index (Phi) is 4.58. The SMILES string of the molecule is Cc1cc(Br)ccc1Oc1ccc(C(F)(F)F)cc1CN. The Bertz CT molecular complexity index is 656. The normalized spacial score (nSPS) is 11.5. The fraction of sp³-hybridized carbons (Fsp3) is 0.200. The Balaban J connectivity index is 2.36. The molecule has 0 aliphatic heterocycles. The molecule has 0 saturated heterocycles. The summed E-state index contributed by atoms with van der Waals surface area (Å²) in [5.74, 6) is 0.906. The van der Waals surface area contributed by atoms with Gasteiger partial charge in [0.25, 0.3) is 0 Å². The average Bonchev–Trinajstić information content (AvgIpc) is 2.41. The number of hydrogen-bond acceptors (Lipinski definition) is 2. The van der Waals surface area contributed by atoms with Gasteiger partial charge in [0, 0.05) is 16.6 Å². The van der Waals surface area contributed by atoms with Gasteiger partial charge in [-0.3, -0.25) is 0 Å². The van der Waals surface area contributed by atoms with Gasteiger partial charge in [0.15, 0.2) is 0 Å². The molecule has 21 heavy (non-hydrogen) atoms. The van der Waals surface area contributed by atoms with Gasteiger partial charge in [-0.1, -0.05) is 15.9 Å². The van der Waals surface area contributed by atoms with Crippen molar-refractivity contribution in [2.45, 2.75) is 19.6 Å². The minimum Gasteiger partial charge on any atom is -0.457 e. The van der Waals surface area contributed by atoms with Gasteiger partial charge in [-0.2, -0.15) is 13.2 Å². The molecule has 0 atom stereocenters. The summed E-state index contributed by atoms with van der Waals surface area (Å²) in [7, 11) is 0. The second kappa shape index (κ2) is 6.07. The van der Waals surface area contributed by atoms with Crippen molar-refractivity contribution in [1.29, 1.82) is 0 Å². The topological polar surface area (TPSA) is 35.2 Å². The Morgan fingerprint density at radius 2 is 1.76 bits per heavy atom. The fourth-order valence-electron chi connectivity index (χ4n) is 1.86. The first-order chi connectivity index (χ1) is 9.81. The van der Waals surface area contributed by atoms with Gasteiger partial charge in [-0.05, 0) is 48.9 Å². The second-order valence-corrected chi connectivity index (χ2v) is 5.45. The van der Waals surface area contributed by atoms with Crippen LogP contribution in [0.1, 0.15) is 16.7 Å². The molecule has 0 bridgehead atoms. The summed E-state index contributed by atoms with van der Waals surface area (Å²) >= 11 is 3.34. The lowest BCUT2D eigenvalue weighted by atomic mass is 10.1. The summed E-state index contributed by atoms with van der Waals surface area (Å²) in [6.07, 6.45) is -4.39. The molecule has 2 aromatic rings. The van der Waals surface area contributed by atoms with Crippen molar-refractivity contribution in [2.24, 2.45) is 5.73 Å². The van der Waals surface area contributed by atoms with Gasteiger partial charge in [0.1, 0.15) is 11.5 Å². The minimum atomic E-state index is -4.39. The number of rotatable bonds is 3. The molecule has 112 valence electrons. The number of benzene rings is 2. The zero-order chi connectivity index (χ0) is 15.6. The maximum Gasteiger partial charge on any atom is 0.416 e. The highest BCUT2D eigenvalue weighted by Crippen LogP contribution is 2.35. The van der Waals surface area contributed by atoms with E-state index in [1.807, 2.05) is 13.0 Å². The number of alkyl halides is 3. The average molecular weight is 360 g/mol. The van der Waals surface area contributed by atoms with Crippen molar-refractivity contribution < 1.29 is 17.9 Å². The molecular formula is C15H13BrF3NO. The zero-order valence-electron chi connectivity index (χ0n) is 11.2. The zero-order valence-corrected chi connectivity index (χ0v) is 12.8. The second-order valence-electron chi connectivity index (χ2n) is 4.54. The van der Waals surface area contributed by atoms with E-state index in [9.17, 15) is 13.2 Å². The highest BCUT2D eigenvalue weighted by Gasteiger charge is 2.31. The molecule has 0 radical (unpaired) electrons. The van der Waals surface area contributed by atoms with E-state index in [0.29, 0.717) is 17.1 Å². The summed E-state index contributed by atoms with van der Waals surface area (Å²) in [6.45, 7) is 1.82. The molecule has 0 aromatic heterocycles. The van der Waals surface area contributed by atoms with E-state index in [0.717, 1.165) is 22.2 Å². The molecule has 0 aliphatic rings. The van der Waals surface area contributed by atoms with Crippen LogP contribution in [0.5, 0.6) is 11.5 Å². The Hall–Kier alpha value is -1.53. The van der Waals surface area contributed by atoms with Crippen molar-refractivity contribution in [3.63, 3.8) is 0 Å². The van der Waals surface area contributed by atoms with Crippen LogP contribution in [-0.2, 0) is 12.7 Å². The molecule has 2 rings (SSSR count). The first-order valence-electron chi connectivity index (χ1n) is 6.15. The number of halogens is 4. The van der Waals surface area contributed by atoms with E-state index in [-0.39, 0.29) is 6.54 Å². The first-order valence-corrected chi connectivity index (χ1v) is 6.95. The van der Waals surface area contributed by atoms with Gasteiger partial charge < -0.3 is 10.5 Å². The van der Waals surface area contributed by atoms with Crippen LogP contribution in [0, 0.1) is 6.92 Å². The predicted octanol–water partition coefficient (Wildman–Crippen LogP) is 5.03. The third-order valence-electron chi connectivity index (χ3n) is 2.96. The summed E-state index contributed by atoms with van der Waals surface area (Å²) in [5, 5.41) is 0. The molecule has 0 unspecified atom stereocenters. The van der Waals surface area contributed by atoms with Crippen molar-refractivity contribution in [1.82, 2.24) is 0 Å². The van der Waals surface area contributed by atoms with E-state index in [4.69, 9.17) is 10.5 Å². The van der Waals surface area contributed by atoms with Crippen molar-refractivity contribution >= 4 is 15.9 Å². The molecule has 2 nitrogen and oxygen atoms in total. The molecular weight excluding hydrogens is 347 g/mol. The lowest BCUT2D eigenvalue weighted by Crippen LogP contribution is -2.08. The summed E-state index contributed by atoms with van der Waals surface area (Å²) < 4.78 is 44.6. The quantitative estimate of drug-likeness (QED) is 0.834. The van der Waals surface area contributed by atoms with Crippen LogP contribution in [0.2, 0.25) is 0 Å². The number of hydrogen-bond donors (Lipinski definition) is 1. The molecule has 2 aromatic carbocycles. The summed E-state index contributed by atoms with van der Waals surface area (Å²) in [5.41, 5.74) is 5.97. The maximum absolute atomic E-state index is 12.7. The minimum absolute atomic E-state index is 0.0329. The van der Waals surface area contributed by atoms with E-state index >= 15 is 0 Å². The lowest BCUT2D eigenvalue weighted by Gasteiger charge is -2.14. The molecule has 6 heteroatoms. The third-order valence-corrected chi connectivity index (χ3v) is 3.46. The smallest absolute Gasteiger partial charge is 0.416 e. The van der Waals surface area contributed by atoms with Crippen LogP contribution in [0.15, 0.2) is 40.9 Å². The summed E-state index contributed by atoms with van der Waals surface area (Å²) in [4.78, 5) is 0. The van der Waals surface area contributed by atoms with Crippen molar-refractivity contribution in [3.8, 4) is 11.5 Å². The molecule has 2 N–H and O–H groups in total. The fourth-order valence-corrected chi connectivity index (χ4v) is 2.34. The molecule has 0 saturated carbocycles. The van der Waals surface area contributed by atoms with Crippen LogP contribution >= 0.6 is 15.9 Å². The summed E-state index contributed by atoms with van der Waals surface area (Å²) in [6, 6.07) is 8.71. The highest BCUT2D eigenvalue weighted by atomic mass is 79.9. The standard InChI is InChI=1S/C15H13BrF3NO/c1-9-6-12(16)3-5-13(9)21-14-4-2-11(15(17,18)19)7-10(14)8-20/h2-7H,8,20H2,1H3. The van der Waals surface area contributed by atoms with E-state index in [1.54, 1.807) is 12.1 Å². The van der Waals surface area contributed by atoms with Gasteiger partial charge in [-0.15, -0.1) is 0 Å². The number of ether oxygens (including phenoxy) is 1. The first kappa shape index (κ1) is 15.9. The lowest BCUT2D eigenvalue weighted by molar-refractivity contribution is -0.137.